The standard InChI is InChI=1S/C6H9NOS/c7-3-5-1-2-9-4-6(5)8/h5-6,8H,1-2,4H2/t5-,6-/m1/s1. The van der Waals surface area contributed by atoms with Crippen molar-refractivity contribution in [2.45, 2.75) is 12.5 Å². The Kier molecular flexibility index (Phi) is 2.38. The summed E-state index contributed by atoms with van der Waals surface area (Å²) in [7, 11) is 0. The van der Waals surface area contributed by atoms with Crippen LogP contribution in [0.15, 0.2) is 0 Å². The Labute approximate surface area is 58.9 Å². The third kappa shape index (κ3) is 1.60. The van der Waals surface area contributed by atoms with Gasteiger partial charge in [0.15, 0.2) is 0 Å². The highest BCUT2D eigenvalue weighted by Gasteiger charge is 2.22. The molecule has 0 aromatic heterocycles. The second kappa shape index (κ2) is 3.09. The van der Waals surface area contributed by atoms with Crippen LogP contribution in [-0.4, -0.2) is 22.7 Å². The van der Waals surface area contributed by atoms with E-state index < -0.39 is 0 Å². The Morgan fingerprint density at radius 2 is 2.44 bits per heavy atom. The van der Waals surface area contributed by atoms with Crippen LogP contribution in [0.25, 0.3) is 0 Å². The number of hydrogen-bond acceptors (Lipinski definition) is 3. The van der Waals surface area contributed by atoms with E-state index in [4.69, 9.17) is 10.4 Å². The van der Waals surface area contributed by atoms with E-state index in [0.29, 0.717) is 0 Å². The minimum atomic E-state index is -0.381. The third-order valence-electron chi connectivity index (χ3n) is 1.49. The topological polar surface area (TPSA) is 44.0 Å². The second-order valence-electron chi connectivity index (χ2n) is 2.17. The van der Waals surface area contributed by atoms with E-state index in [1.807, 2.05) is 0 Å². The second-order valence-corrected chi connectivity index (χ2v) is 3.32. The Hall–Kier alpha value is -0.200. The number of aliphatic hydroxyl groups excluding tert-OH is 1. The zero-order valence-corrected chi connectivity index (χ0v) is 5.90. The molecule has 1 aliphatic heterocycles. The van der Waals surface area contributed by atoms with E-state index in [9.17, 15) is 0 Å². The SMILES string of the molecule is N#C[C@H]1CCSC[C@H]1O. The molecular weight excluding hydrogens is 134 g/mol. The van der Waals surface area contributed by atoms with Gasteiger partial charge in [-0.2, -0.15) is 17.0 Å². The van der Waals surface area contributed by atoms with Crippen LogP contribution in [0.1, 0.15) is 6.42 Å². The van der Waals surface area contributed by atoms with Gasteiger partial charge in [0.1, 0.15) is 0 Å². The van der Waals surface area contributed by atoms with Gasteiger partial charge in [0.2, 0.25) is 0 Å². The van der Waals surface area contributed by atoms with E-state index >= 15 is 0 Å². The van der Waals surface area contributed by atoms with Crippen molar-refractivity contribution < 1.29 is 5.11 Å². The van der Waals surface area contributed by atoms with Gasteiger partial charge in [0, 0.05) is 5.75 Å². The minimum Gasteiger partial charge on any atom is -0.391 e. The molecule has 9 heavy (non-hydrogen) atoms. The van der Waals surface area contributed by atoms with Crippen LogP contribution in [0, 0.1) is 17.2 Å². The molecule has 0 saturated carbocycles. The van der Waals surface area contributed by atoms with Crippen molar-refractivity contribution in [2.24, 2.45) is 5.92 Å². The number of rotatable bonds is 0. The van der Waals surface area contributed by atoms with Gasteiger partial charge in [-0.3, -0.25) is 0 Å². The Balaban J connectivity index is 2.41. The lowest BCUT2D eigenvalue weighted by Gasteiger charge is -2.20. The average molecular weight is 143 g/mol. The van der Waals surface area contributed by atoms with Crippen molar-refractivity contribution in [3.05, 3.63) is 0 Å². The number of nitrogens with zero attached hydrogens (tertiary/aromatic N) is 1. The largest absolute Gasteiger partial charge is 0.391 e. The van der Waals surface area contributed by atoms with Gasteiger partial charge < -0.3 is 5.11 Å². The first kappa shape index (κ1) is 6.91. The molecule has 0 amide bonds. The summed E-state index contributed by atoms with van der Waals surface area (Å²) in [5.74, 6) is 1.65. The van der Waals surface area contributed by atoms with Crippen molar-refractivity contribution in [3.8, 4) is 6.07 Å². The van der Waals surface area contributed by atoms with Crippen LogP contribution >= 0.6 is 11.8 Å². The number of nitriles is 1. The molecule has 1 rings (SSSR count). The van der Waals surface area contributed by atoms with Crippen molar-refractivity contribution in [2.75, 3.05) is 11.5 Å². The van der Waals surface area contributed by atoms with E-state index in [2.05, 4.69) is 6.07 Å². The number of aliphatic hydroxyl groups is 1. The molecule has 1 saturated heterocycles. The van der Waals surface area contributed by atoms with Gasteiger partial charge in [-0.25, -0.2) is 0 Å². The molecule has 0 aromatic carbocycles. The summed E-state index contributed by atoms with van der Waals surface area (Å²) in [5, 5.41) is 17.6. The molecule has 2 nitrogen and oxygen atoms in total. The molecule has 0 unspecified atom stereocenters. The summed E-state index contributed by atoms with van der Waals surface area (Å²) in [4.78, 5) is 0. The Morgan fingerprint density at radius 3 is 2.89 bits per heavy atom. The van der Waals surface area contributed by atoms with Crippen LogP contribution in [0.3, 0.4) is 0 Å². The molecule has 0 radical (unpaired) electrons. The molecule has 0 bridgehead atoms. The van der Waals surface area contributed by atoms with Crippen LogP contribution in [0.2, 0.25) is 0 Å². The summed E-state index contributed by atoms with van der Waals surface area (Å²) in [5.41, 5.74) is 0. The summed E-state index contributed by atoms with van der Waals surface area (Å²) in [6.07, 6.45) is 0.469. The van der Waals surface area contributed by atoms with Crippen LogP contribution in [-0.2, 0) is 0 Å². The first-order chi connectivity index (χ1) is 4.34. The molecule has 50 valence electrons. The maximum absolute atomic E-state index is 9.13. The van der Waals surface area contributed by atoms with Crippen molar-refractivity contribution in [1.29, 1.82) is 5.26 Å². The number of thioether (sulfide) groups is 1. The van der Waals surface area contributed by atoms with Gasteiger partial charge in [-0.05, 0) is 12.2 Å². The van der Waals surface area contributed by atoms with Crippen molar-refractivity contribution in [1.82, 2.24) is 0 Å². The molecule has 3 heteroatoms. The Morgan fingerprint density at radius 1 is 1.67 bits per heavy atom. The maximum atomic E-state index is 9.13. The zero-order chi connectivity index (χ0) is 6.69. The molecule has 0 aliphatic carbocycles. The summed E-state index contributed by atoms with van der Waals surface area (Å²) in [6, 6.07) is 2.09. The van der Waals surface area contributed by atoms with Crippen molar-refractivity contribution in [3.63, 3.8) is 0 Å². The molecule has 1 heterocycles. The van der Waals surface area contributed by atoms with Crippen molar-refractivity contribution >= 4 is 11.8 Å². The highest BCUT2D eigenvalue weighted by molar-refractivity contribution is 7.99. The predicted molar refractivity (Wildman–Crippen MR) is 37.1 cm³/mol. The van der Waals surface area contributed by atoms with E-state index in [-0.39, 0.29) is 12.0 Å². The average Bonchev–Trinajstić information content (AvgIpc) is 1.89. The van der Waals surface area contributed by atoms with Crippen LogP contribution in [0.5, 0.6) is 0 Å². The van der Waals surface area contributed by atoms with E-state index in [1.165, 1.54) is 0 Å². The smallest absolute Gasteiger partial charge is 0.0788 e. The lowest BCUT2D eigenvalue weighted by molar-refractivity contribution is 0.151. The lowest BCUT2D eigenvalue weighted by atomic mass is 10.0. The maximum Gasteiger partial charge on any atom is 0.0788 e. The van der Waals surface area contributed by atoms with Gasteiger partial charge >= 0.3 is 0 Å². The van der Waals surface area contributed by atoms with Gasteiger partial charge in [-0.1, -0.05) is 0 Å². The molecule has 0 spiro atoms. The van der Waals surface area contributed by atoms with Gasteiger partial charge in [0.05, 0.1) is 18.1 Å². The van der Waals surface area contributed by atoms with E-state index in [1.54, 1.807) is 11.8 Å². The lowest BCUT2D eigenvalue weighted by Crippen LogP contribution is -2.26. The van der Waals surface area contributed by atoms with Gasteiger partial charge in [0.25, 0.3) is 0 Å². The highest BCUT2D eigenvalue weighted by atomic mass is 32.2. The summed E-state index contributed by atoms with van der Waals surface area (Å²) >= 11 is 1.72. The summed E-state index contributed by atoms with van der Waals surface area (Å²) < 4.78 is 0. The molecule has 2 atom stereocenters. The molecule has 1 N–H and O–H groups in total. The minimum absolute atomic E-state index is 0.105. The molecule has 0 aromatic rings. The first-order valence-corrected chi connectivity index (χ1v) is 4.15. The molecular formula is C6H9NOS. The van der Waals surface area contributed by atoms with Gasteiger partial charge in [-0.15, -0.1) is 0 Å². The quantitative estimate of drug-likeness (QED) is 0.540. The number of hydrogen-bond donors (Lipinski definition) is 1. The van der Waals surface area contributed by atoms with E-state index in [0.717, 1.165) is 17.9 Å². The monoisotopic (exact) mass is 143 g/mol. The summed E-state index contributed by atoms with van der Waals surface area (Å²) in [6.45, 7) is 0. The van der Waals surface area contributed by atoms with Crippen LogP contribution in [0.4, 0.5) is 0 Å². The first-order valence-electron chi connectivity index (χ1n) is 3.00. The zero-order valence-electron chi connectivity index (χ0n) is 5.08. The van der Waals surface area contributed by atoms with Crippen LogP contribution < -0.4 is 0 Å². The fourth-order valence-electron chi connectivity index (χ4n) is 0.874. The third-order valence-corrected chi connectivity index (χ3v) is 2.59. The normalized spacial score (nSPS) is 35.6. The fraction of sp³-hybridized carbons (Fsp3) is 0.833. The Bertz CT molecular complexity index is 132. The fourth-order valence-corrected chi connectivity index (χ4v) is 1.93. The highest BCUT2D eigenvalue weighted by Crippen LogP contribution is 2.22. The molecule has 1 fully saturated rings. The molecule has 1 aliphatic rings. The predicted octanol–water partition coefficient (Wildman–Crippen LogP) is 0.624.